The molecule has 0 saturated carbocycles. The molecule has 1 aliphatic rings. The number of likely N-dealkylation sites (N-methyl/N-ethyl adjacent to an activating group) is 1. The molecule has 9 heteroatoms. The van der Waals surface area contributed by atoms with Crippen LogP contribution in [0.2, 0.25) is 0 Å². The first kappa shape index (κ1) is 22.2. The van der Waals surface area contributed by atoms with Crippen molar-refractivity contribution in [1.29, 1.82) is 5.26 Å². The number of piperazine rings is 1. The summed E-state index contributed by atoms with van der Waals surface area (Å²) in [7, 11) is 3.85. The van der Waals surface area contributed by atoms with Crippen molar-refractivity contribution < 1.29 is 13.2 Å². The van der Waals surface area contributed by atoms with Crippen LogP contribution in [0.25, 0.3) is 22.3 Å². The molecule has 6 nitrogen and oxygen atoms in total. The van der Waals surface area contributed by atoms with Crippen LogP contribution in [-0.2, 0) is 19.6 Å². The normalized spacial score (nSPS) is 15.9. The second-order valence-electron chi connectivity index (χ2n) is 8.31. The number of fused-ring (bicyclic) bond motifs is 1. The highest BCUT2D eigenvalue weighted by atomic mass is 19.4. The van der Waals surface area contributed by atoms with E-state index in [1.807, 2.05) is 6.07 Å². The minimum absolute atomic E-state index is 0.0999. The monoisotopic (exact) mass is 442 g/mol. The average molecular weight is 442 g/mol. The Labute approximate surface area is 184 Å². The molecule has 1 aromatic carbocycles. The highest BCUT2D eigenvalue weighted by molar-refractivity contribution is 5.84. The predicted molar refractivity (Wildman–Crippen MR) is 116 cm³/mol. The zero-order chi connectivity index (χ0) is 22.9. The Kier molecular flexibility index (Phi) is 6.17. The highest BCUT2D eigenvalue weighted by Crippen LogP contribution is 2.36. The van der Waals surface area contributed by atoms with Gasteiger partial charge in [0, 0.05) is 38.8 Å². The topological polar surface area (TPSA) is 61.0 Å². The highest BCUT2D eigenvalue weighted by Gasteiger charge is 2.33. The maximum Gasteiger partial charge on any atom is 0.416 e. The number of rotatable bonds is 5. The van der Waals surface area contributed by atoms with Gasteiger partial charge in [0.1, 0.15) is 11.6 Å². The van der Waals surface area contributed by atoms with Crippen LogP contribution in [0.3, 0.4) is 0 Å². The van der Waals surface area contributed by atoms with Crippen molar-refractivity contribution in [2.75, 3.05) is 39.8 Å². The van der Waals surface area contributed by atoms with E-state index in [2.05, 4.69) is 26.8 Å². The van der Waals surface area contributed by atoms with E-state index in [9.17, 15) is 18.4 Å². The average Bonchev–Trinajstić information content (AvgIpc) is 3.15. The number of imidazole rings is 1. The molecule has 4 rings (SSSR count). The van der Waals surface area contributed by atoms with Gasteiger partial charge >= 0.3 is 6.18 Å². The van der Waals surface area contributed by atoms with Gasteiger partial charge in [0.05, 0.1) is 23.1 Å². The van der Waals surface area contributed by atoms with E-state index in [0.717, 1.165) is 38.8 Å². The van der Waals surface area contributed by atoms with Crippen LogP contribution in [0.4, 0.5) is 13.2 Å². The summed E-state index contributed by atoms with van der Waals surface area (Å²) in [6.45, 7) is 4.66. The molecule has 168 valence electrons. The molecule has 32 heavy (non-hydrogen) atoms. The van der Waals surface area contributed by atoms with Crippen molar-refractivity contribution in [3.63, 3.8) is 0 Å². The third-order valence-corrected chi connectivity index (χ3v) is 6.05. The van der Waals surface area contributed by atoms with Crippen LogP contribution in [0, 0.1) is 11.3 Å². The van der Waals surface area contributed by atoms with E-state index < -0.39 is 11.7 Å². The molecule has 0 spiro atoms. The van der Waals surface area contributed by atoms with Gasteiger partial charge in [0.2, 0.25) is 0 Å². The molecule has 0 unspecified atom stereocenters. The molecule has 3 aromatic rings. The third-order valence-electron chi connectivity index (χ3n) is 6.05. The number of aromatic nitrogens is 3. The van der Waals surface area contributed by atoms with Gasteiger partial charge < -0.3 is 14.4 Å². The van der Waals surface area contributed by atoms with Gasteiger partial charge in [-0.2, -0.15) is 18.4 Å². The lowest BCUT2D eigenvalue weighted by Crippen LogP contribution is -2.44. The number of nitrogens with zero attached hydrogens (tertiary/aromatic N) is 6. The number of hydrogen-bond donors (Lipinski definition) is 0. The predicted octanol–water partition coefficient (Wildman–Crippen LogP) is 3.71. The number of halogens is 3. The van der Waals surface area contributed by atoms with Gasteiger partial charge in [0.15, 0.2) is 5.69 Å². The van der Waals surface area contributed by atoms with Crippen molar-refractivity contribution in [1.82, 2.24) is 24.3 Å². The van der Waals surface area contributed by atoms with Crippen molar-refractivity contribution in [3.05, 3.63) is 47.4 Å². The van der Waals surface area contributed by atoms with Gasteiger partial charge in [0.25, 0.3) is 0 Å². The second-order valence-corrected chi connectivity index (χ2v) is 8.31. The number of benzene rings is 1. The van der Waals surface area contributed by atoms with Crippen LogP contribution in [-0.4, -0.2) is 64.1 Å². The lowest BCUT2D eigenvalue weighted by Gasteiger charge is -2.32. The molecule has 3 heterocycles. The summed E-state index contributed by atoms with van der Waals surface area (Å²) < 4.78 is 43.4. The summed E-state index contributed by atoms with van der Waals surface area (Å²) in [6.07, 6.45) is -1.88. The van der Waals surface area contributed by atoms with E-state index in [1.165, 1.54) is 0 Å². The molecule has 0 aliphatic carbocycles. The molecular formula is C23H25F3N6. The fraction of sp³-hybridized carbons (Fsp3) is 0.435. The fourth-order valence-corrected chi connectivity index (χ4v) is 4.14. The molecule has 0 radical (unpaired) electrons. The van der Waals surface area contributed by atoms with E-state index in [0.29, 0.717) is 35.1 Å². The van der Waals surface area contributed by atoms with Gasteiger partial charge in [-0.05, 0) is 44.1 Å². The number of aryl methyl sites for hydroxylation is 2. The number of pyridine rings is 1. The maximum atomic E-state index is 13.9. The van der Waals surface area contributed by atoms with Crippen LogP contribution in [0.1, 0.15) is 23.2 Å². The SMILES string of the molecule is CN1CCN(CCCc2ccc(-c3cc4c(ncn4C)c(C#N)n3)cc2C(F)(F)F)CC1. The Morgan fingerprint density at radius 2 is 1.84 bits per heavy atom. The summed E-state index contributed by atoms with van der Waals surface area (Å²) in [5.41, 5.74) is 1.50. The van der Waals surface area contributed by atoms with Gasteiger partial charge in [-0.1, -0.05) is 12.1 Å². The first-order valence-corrected chi connectivity index (χ1v) is 10.6. The molecule has 2 aromatic heterocycles. The zero-order valence-electron chi connectivity index (χ0n) is 18.2. The minimum atomic E-state index is -4.46. The summed E-state index contributed by atoms with van der Waals surface area (Å²) in [5, 5.41) is 9.41. The molecule has 0 atom stereocenters. The lowest BCUT2D eigenvalue weighted by atomic mass is 9.97. The fourth-order valence-electron chi connectivity index (χ4n) is 4.14. The summed E-state index contributed by atoms with van der Waals surface area (Å²) in [6, 6.07) is 8.02. The molecule has 0 N–H and O–H groups in total. The summed E-state index contributed by atoms with van der Waals surface area (Å²) in [4.78, 5) is 13.0. The third kappa shape index (κ3) is 4.61. The van der Waals surface area contributed by atoms with Gasteiger partial charge in [-0.3, -0.25) is 0 Å². The number of alkyl halides is 3. The molecule has 1 fully saturated rings. The molecule has 0 bridgehead atoms. The number of hydrogen-bond acceptors (Lipinski definition) is 5. The summed E-state index contributed by atoms with van der Waals surface area (Å²) in [5.74, 6) is 0. The Balaban J connectivity index is 1.60. The zero-order valence-corrected chi connectivity index (χ0v) is 18.2. The first-order valence-electron chi connectivity index (χ1n) is 10.6. The Bertz CT molecular complexity index is 1150. The van der Waals surface area contributed by atoms with Crippen molar-refractivity contribution in [2.24, 2.45) is 7.05 Å². The molecule has 0 amide bonds. The van der Waals surface area contributed by atoms with Crippen LogP contribution < -0.4 is 0 Å². The maximum absolute atomic E-state index is 13.9. The van der Waals surface area contributed by atoms with Crippen molar-refractivity contribution in [3.8, 4) is 17.3 Å². The Morgan fingerprint density at radius 1 is 1.09 bits per heavy atom. The van der Waals surface area contributed by atoms with Crippen molar-refractivity contribution >= 4 is 11.0 Å². The molecular weight excluding hydrogens is 417 g/mol. The summed E-state index contributed by atoms with van der Waals surface area (Å²) >= 11 is 0. The van der Waals surface area contributed by atoms with Crippen LogP contribution in [0.5, 0.6) is 0 Å². The minimum Gasteiger partial charge on any atom is -0.334 e. The van der Waals surface area contributed by atoms with Crippen LogP contribution >= 0.6 is 0 Å². The smallest absolute Gasteiger partial charge is 0.334 e. The van der Waals surface area contributed by atoms with Crippen molar-refractivity contribution in [2.45, 2.75) is 19.0 Å². The van der Waals surface area contributed by atoms with E-state index in [4.69, 9.17) is 0 Å². The quantitative estimate of drug-likeness (QED) is 0.603. The molecule has 1 aliphatic heterocycles. The Hall–Kier alpha value is -2.96. The van der Waals surface area contributed by atoms with E-state index in [-0.39, 0.29) is 11.3 Å². The van der Waals surface area contributed by atoms with Gasteiger partial charge in [-0.25, -0.2) is 9.97 Å². The van der Waals surface area contributed by atoms with Crippen LogP contribution in [0.15, 0.2) is 30.6 Å². The largest absolute Gasteiger partial charge is 0.416 e. The van der Waals surface area contributed by atoms with E-state index in [1.54, 1.807) is 36.1 Å². The first-order chi connectivity index (χ1) is 15.3. The number of nitriles is 1. The Morgan fingerprint density at radius 3 is 2.53 bits per heavy atom. The second kappa shape index (κ2) is 8.88. The van der Waals surface area contributed by atoms with Gasteiger partial charge in [-0.15, -0.1) is 0 Å². The van der Waals surface area contributed by atoms with E-state index >= 15 is 0 Å². The lowest BCUT2D eigenvalue weighted by molar-refractivity contribution is -0.138. The standard InChI is InChI=1S/C23H25F3N6/c1-30-8-10-32(11-9-30)7-3-4-16-5-6-17(12-18(16)23(24,25)26)19-13-21-22(20(14-27)29-19)28-15-31(21)2/h5-6,12-13,15H,3-4,7-11H2,1-2H3. The molecule has 1 saturated heterocycles.